The molecule has 2 aliphatic rings. The molecule has 0 unspecified atom stereocenters. The second-order valence-corrected chi connectivity index (χ2v) is 8.15. The quantitative estimate of drug-likeness (QED) is 0.684. The largest absolute Gasteiger partial charge is 0.494 e. The number of imide groups is 1. The lowest BCUT2D eigenvalue weighted by Crippen LogP contribution is -2.46. The summed E-state index contributed by atoms with van der Waals surface area (Å²) in [4.78, 5) is 44.0. The molecule has 0 saturated carbocycles. The Morgan fingerprint density at radius 3 is 2.15 bits per heavy atom. The standard InChI is InChI=1S/C25H28N4O4/c1-4-33-21-11-5-18(6-12-21)22-23(28-15-13-27(3)14-16-28)25(32)29(24(22)31)20-9-7-19(8-10-20)26-17(2)30/h5-12H,4,13-16H2,1-3H3,(H,26,30). The predicted molar refractivity (Wildman–Crippen MR) is 127 cm³/mol. The number of hydrogen-bond acceptors (Lipinski definition) is 6. The van der Waals surface area contributed by atoms with Gasteiger partial charge in [-0.3, -0.25) is 14.4 Å². The lowest BCUT2D eigenvalue weighted by molar-refractivity contribution is -0.121. The van der Waals surface area contributed by atoms with E-state index in [1.165, 1.54) is 11.8 Å². The second kappa shape index (κ2) is 9.46. The average Bonchev–Trinajstić information content (AvgIpc) is 3.05. The molecule has 0 bridgehead atoms. The monoisotopic (exact) mass is 448 g/mol. The van der Waals surface area contributed by atoms with Crippen LogP contribution in [0.3, 0.4) is 0 Å². The summed E-state index contributed by atoms with van der Waals surface area (Å²) in [6.45, 7) is 6.85. The van der Waals surface area contributed by atoms with E-state index < -0.39 is 0 Å². The highest BCUT2D eigenvalue weighted by atomic mass is 16.5. The molecule has 0 spiro atoms. The number of nitrogens with one attached hydrogen (secondary N) is 1. The third kappa shape index (κ3) is 4.61. The van der Waals surface area contributed by atoms with Crippen molar-refractivity contribution in [1.82, 2.24) is 9.80 Å². The molecule has 2 aromatic rings. The van der Waals surface area contributed by atoms with Crippen LogP contribution in [-0.2, 0) is 14.4 Å². The molecule has 3 amide bonds. The number of piperazine rings is 1. The SMILES string of the molecule is CCOc1ccc(C2=C(N3CCN(C)CC3)C(=O)N(c3ccc(NC(C)=O)cc3)C2=O)cc1. The Hall–Kier alpha value is -3.65. The summed E-state index contributed by atoms with van der Waals surface area (Å²) in [5, 5.41) is 2.70. The van der Waals surface area contributed by atoms with Crippen molar-refractivity contribution < 1.29 is 19.1 Å². The first kappa shape index (κ1) is 22.5. The molecular formula is C25H28N4O4. The fourth-order valence-electron chi connectivity index (χ4n) is 4.12. The normalized spacial score (nSPS) is 17.1. The van der Waals surface area contributed by atoms with E-state index in [2.05, 4.69) is 10.2 Å². The Morgan fingerprint density at radius 1 is 0.939 bits per heavy atom. The van der Waals surface area contributed by atoms with Gasteiger partial charge in [-0.05, 0) is 55.9 Å². The number of anilines is 2. The van der Waals surface area contributed by atoms with Crippen LogP contribution < -0.4 is 15.0 Å². The minimum Gasteiger partial charge on any atom is -0.494 e. The van der Waals surface area contributed by atoms with E-state index in [-0.39, 0.29) is 17.7 Å². The zero-order valence-electron chi connectivity index (χ0n) is 19.1. The Bertz CT molecular complexity index is 1080. The molecule has 1 N–H and O–H groups in total. The summed E-state index contributed by atoms with van der Waals surface area (Å²) < 4.78 is 5.53. The van der Waals surface area contributed by atoms with E-state index in [1.54, 1.807) is 24.3 Å². The van der Waals surface area contributed by atoms with Gasteiger partial charge in [0.2, 0.25) is 5.91 Å². The number of nitrogens with zero attached hydrogens (tertiary/aromatic N) is 3. The van der Waals surface area contributed by atoms with Crippen molar-refractivity contribution in [2.45, 2.75) is 13.8 Å². The predicted octanol–water partition coefficient (Wildman–Crippen LogP) is 2.58. The molecule has 33 heavy (non-hydrogen) atoms. The molecule has 172 valence electrons. The van der Waals surface area contributed by atoms with Gasteiger partial charge in [0.15, 0.2) is 0 Å². The third-order valence-corrected chi connectivity index (χ3v) is 5.78. The maximum absolute atomic E-state index is 13.6. The molecule has 2 aromatic carbocycles. The first-order valence-corrected chi connectivity index (χ1v) is 11.1. The van der Waals surface area contributed by atoms with Crippen LogP contribution in [0.2, 0.25) is 0 Å². The van der Waals surface area contributed by atoms with E-state index in [0.717, 1.165) is 13.1 Å². The molecule has 0 atom stereocenters. The van der Waals surface area contributed by atoms with Crippen LogP contribution in [-0.4, -0.2) is 67.4 Å². The maximum atomic E-state index is 13.6. The number of benzene rings is 2. The Morgan fingerprint density at radius 2 is 1.58 bits per heavy atom. The number of likely N-dealkylation sites (N-methyl/N-ethyl adjacent to an activating group) is 1. The zero-order valence-corrected chi connectivity index (χ0v) is 19.1. The molecule has 8 nitrogen and oxygen atoms in total. The highest BCUT2D eigenvalue weighted by Gasteiger charge is 2.42. The summed E-state index contributed by atoms with van der Waals surface area (Å²) >= 11 is 0. The fourth-order valence-corrected chi connectivity index (χ4v) is 4.12. The number of carbonyl (C=O) groups is 3. The summed E-state index contributed by atoms with van der Waals surface area (Å²) in [5.74, 6) is -0.163. The minimum atomic E-state index is -0.356. The van der Waals surface area contributed by atoms with Gasteiger partial charge in [-0.1, -0.05) is 12.1 Å². The van der Waals surface area contributed by atoms with Crippen molar-refractivity contribution in [1.29, 1.82) is 0 Å². The topological polar surface area (TPSA) is 82.2 Å². The summed E-state index contributed by atoms with van der Waals surface area (Å²) in [6.07, 6.45) is 0. The van der Waals surface area contributed by atoms with Gasteiger partial charge in [-0.15, -0.1) is 0 Å². The van der Waals surface area contributed by atoms with Crippen LogP contribution in [0.25, 0.3) is 5.57 Å². The van der Waals surface area contributed by atoms with Gasteiger partial charge < -0.3 is 19.9 Å². The molecule has 2 heterocycles. The summed E-state index contributed by atoms with van der Waals surface area (Å²) in [6, 6.07) is 14.0. The van der Waals surface area contributed by atoms with Gasteiger partial charge in [0, 0.05) is 38.8 Å². The molecule has 0 aromatic heterocycles. The van der Waals surface area contributed by atoms with Crippen LogP contribution in [0.4, 0.5) is 11.4 Å². The molecular weight excluding hydrogens is 420 g/mol. The van der Waals surface area contributed by atoms with Crippen molar-refractivity contribution in [3.63, 3.8) is 0 Å². The van der Waals surface area contributed by atoms with Crippen molar-refractivity contribution in [3.8, 4) is 5.75 Å². The average molecular weight is 449 g/mol. The molecule has 0 aliphatic carbocycles. The van der Waals surface area contributed by atoms with E-state index in [1.807, 2.05) is 43.1 Å². The molecule has 2 aliphatic heterocycles. The lowest BCUT2D eigenvalue weighted by Gasteiger charge is -2.34. The van der Waals surface area contributed by atoms with Crippen LogP contribution in [0.1, 0.15) is 19.4 Å². The van der Waals surface area contributed by atoms with E-state index in [9.17, 15) is 14.4 Å². The fraction of sp³-hybridized carbons (Fsp3) is 0.320. The van der Waals surface area contributed by atoms with Gasteiger partial charge in [-0.25, -0.2) is 4.90 Å². The van der Waals surface area contributed by atoms with Crippen LogP contribution in [0.5, 0.6) is 5.75 Å². The van der Waals surface area contributed by atoms with Gasteiger partial charge in [0.05, 0.1) is 17.9 Å². The molecule has 1 fully saturated rings. The summed E-state index contributed by atoms with van der Waals surface area (Å²) in [5.41, 5.74) is 2.58. The number of amides is 3. The number of rotatable bonds is 6. The molecule has 4 rings (SSSR count). The number of hydrogen-bond donors (Lipinski definition) is 1. The Labute approximate surface area is 193 Å². The summed E-state index contributed by atoms with van der Waals surface area (Å²) in [7, 11) is 2.05. The number of ether oxygens (including phenoxy) is 1. The minimum absolute atomic E-state index is 0.187. The van der Waals surface area contributed by atoms with E-state index in [0.29, 0.717) is 53.7 Å². The van der Waals surface area contributed by atoms with Gasteiger partial charge in [-0.2, -0.15) is 0 Å². The molecule has 0 radical (unpaired) electrons. The molecule has 1 saturated heterocycles. The maximum Gasteiger partial charge on any atom is 0.282 e. The Kier molecular flexibility index (Phi) is 6.46. The van der Waals surface area contributed by atoms with Gasteiger partial charge in [0.25, 0.3) is 11.8 Å². The van der Waals surface area contributed by atoms with Crippen molar-refractivity contribution in [2.75, 3.05) is 50.1 Å². The highest BCUT2D eigenvalue weighted by Crippen LogP contribution is 2.36. The second-order valence-electron chi connectivity index (χ2n) is 8.15. The zero-order chi connectivity index (χ0) is 23.5. The van der Waals surface area contributed by atoms with Crippen LogP contribution >= 0.6 is 0 Å². The van der Waals surface area contributed by atoms with E-state index in [4.69, 9.17) is 4.74 Å². The highest BCUT2D eigenvalue weighted by molar-refractivity contribution is 6.45. The van der Waals surface area contributed by atoms with Crippen LogP contribution in [0.15, 0.2) is 54.2 Å². The first-order valence-electron chi connectivity index (χ1n) is 11.1. The Balaban J connectivity index is 1.71. The third-order valence-electron chi connectivity index (χ3n) is 5.78. The smallest absolute Gasteiger partial charge is 0.282 e. The number of carbonyl (C=O) groups excluding carboxylic acids is 3. The molecule has 8 heteroatoms. The van der Waals surface area contributed by atoms with Gasteiger partial charge >= 0.3 is 0 Å². The van der Waals surface area contributed by atoms with Crippen molar-refractivity contribution in [2.24, 2.45) is 0 Å². The van der Waals surface area contributed by atoms with Crippen LogP contribution in [0, 0.1) is 0 Å². The van der Waals surface area contributed by atoms with Gasteiger partial charge in [0.1, 0.15) is 11.4 Å². The first-order chi connectivity index (χ1) is 15.9. The van der Waals surface area contributed by atoms with Crippen molar-refractivity contribution in [3.05, 3.63) is 59.8 Å². The van der Waals surface area contributed by atoms with E-state index >= 15 is 0 Å². The lowest BCUT2D eigenvalue weighted by atomic mass is 10.0. The van der Waals surface area contributed by atoms with Crippen molar-refractivity contribution >= 4 is 34.7 Å².